The zero-order valence-electron chi connectivity index (χ0n) is 12.8. The fraction of sp³-hybridized carbons (Fsp3) is 0.176. The summed E-state index contributed by atoms with van der Waals surface area (Å²) in [6, 6.07) is 10.7. The Labute approximate surface area is 145 Å². The van der Waals surface area contributed by atoms with Crippen LogP contribution in [0.1, 0.15) is 16.7 Å². The SMILES string of the molecule is Cc1cccc(OCC(=O)N/N=C\c2ccc(Cl)cc2Cl)c1C. The summed E-state index contributed by atoms with van der Waals surface area (Å²) in [5, 5.41) is 4.85. The number of rotatable bonds is 5. The second-order valence-corrected chi connectivity index (χ2v) is 5.79. The number of hydrazone groups is 1. The summed E-state index contributed by atoms with van der Waals surface area (Å²) in [5.41, 5.74) is 5.17. The number of aryl methyl sites for hydroxylation is 1. The fourth-order valence-electron chi connectivity index (χ4n) is 1.84. The summed E-state index contributed by atoms with van der Waals surface area (Å²) in [4.78, 5) is 11.7. The zero-order chi connectivity index (χ0) is 16.8. The Morgan fingerprint density at radius 3 is 2.78 bits per heavy atom. The van der Waals surface area contributed by atoms with Gasteiger partial charge in [-0.15, -0.1) is 0 Å². The Morgan fingerprint density at radius 1 is 1.26 bits per heavy atom. The Hall–Kier alpha value is -2.04. The summed E-state index contributed by atoms with van der Waals surface area (Å²) < 4.78 is 5.49. The largest absolute Gasteiger partial charge is 0.483 e. The maximum atomic E-state index is 11.7. The lowest BCUT2D eigenvalue weighted by Gasteiger charge is -2.09. The summed E-state index contributed by atoms with van der Waals surface area (Å²) >= 11 is 11.8. The minimum absolute atomic E-state index is 0.115. The Balaban J connectivity index is 1.87. The van der Waals surface area contributed by atoms with Crippen LogP contribution in [0.3, 0.4) is 0 Å². The van der Waals surface area contributed by atoms with Gasteiger partial charge >= 0.3 is 0 Å². The molecule has 0 saturated carbocycles. The monoisotopic (exact) mass is 350 g/mol. The Kier molecular flexibility index (Phi) is 6.02. The van der Waals surface area contributed by atoms with Crippen LogP contribution in [0.15, 0.2) is 41.5 Å². The highest BCUT2D eigenvalue weighted by atomic mass is 35.5. The number of nitrogens with zero attached hydrogens (tertiary/aromatic N) is 1. The third kappa shape index (κ3) is 4.98. The molecule has 0 fully saturated rings. The minimum atomic E-state index is -0.354. The number of halogens is 2. The number of benzene rings is 2. The molecule has 2 aromatic carbocycles. The Bertz CT molecular complexity index is 745. The lowest BCUT2D eigenvalue weighted by molar-refractivity contribution is -0.123. The van der Waals surface area contributed by atoms with Gasteiger partial charge in [0, 0.05) is 10.6 Å². The minimum Gasteiger partial charge on any atom is -0.483 e. The van der Waals surface area contributed by atoms with Crippen LogP contribution in [0.25, 0.3) is 0 Å². The smallest absolute Gasteiger partial charge is 0.277 e. The number of carbonyl (C=O) groups excluding carboxylic acids is 1. The van der Waals surface area contributed by atoms with E-state index in [2.05, 4.69) is 10.5 Å². The molecule has 6 heteroatoms. The lowest BCUT2D eigenvalue weighted by atomic mass is 10.1. The summed E-state index contributed by atoms with van der Waals surface area (Å²) in [7, 11) is 0. The maximum absolute atomic E-state index is 11.7. The molecular weight excluding hydrogens is 335 g/mol. The van der Waals surface area contributed by atoms with E-state index in [0.29, 0.717) is 21.4 Å². The molecule has 4 nitrogen and oxygen atoms in total. The number of ether oxygens (including phenoxy) is 1. The van der Waals surface area contributed by atoms with E-state index in [1.54, 1.807) is 18.2 Å². The third-order valence-electron chi connectivity index (χ3n) is 3.27. The van der Waals surface area contributed by atoms with E-state index < -0.39 is 0 Å². The first-order valence-corrected chi connectivity index (χ1v) is 7.69. The van der Waals surface area contributed by atoms with Gasteiger partial charge in [0.1, 0.15) is 5.75 Å². The van der Waals surface area contributed by atoms with Crippen LogP contribution >= 0.6 is 23.2 Å². The van der Waals surface area contributed by atoms with Crippen LogP contribution < -0.4 is 10.2 Å². The molecule has 0 aliphatic rings. The van der Waals surface area contributed by atoms with Crippen LogP contribution in [0.2, 0.25) is 10.0 Å². The van der Waals surface area contributed by atoms with Crippen LogP contribution in [0.4, 0.5) is 0 Å². The van der Waals surface area contributed by atoms with Crippen LogP contribution in [0, 0.1) is 13.8 Å². The van der Waals surface area contributed by atoms with Gasteiger partial charge in [-0.25, -0.2) is 5.43 Å². The van der Waals surface area contributed by atoms with Crippen molar-refractivity contribution in [1.82, 2.24) is 5.43 Å². The molecule has 23 heavy (non-hydrogen) atoms. The van der Waals surface area contributed by atoms with Crippen molar-refractivity contribution in [2.75, 3.05) is 6.61 Å². The van der Waals surface area contributed by atoms with Gasteiger partial charge in [-0.2, -0.15) is 5.10 Å². The van der Waals surface area contributed by atoms with Crippen molar-refractivity contribution in [3.63, 3.8) is 0 Å². The molecule has 0 spiro atoms. The number of hydrogen-bond donors (Lipinski definition) is 1. The van der Waals surface area contributed by atoms with Crippen molar-refractivity contribution < 1.29 is 9.53 Å². The lowest BCUT2D eigenvalue weighted by Crippen LogP contribution is -2.24. The molecule has 120 valence electrons. The first-order chi connectivity index (χ1) is 11.0. The molecule has 1 amide bonds. The molecule has 2 rings (SSSR count). The van der Waals surface area contributed by atoms with Crippen molar-refractivity contribution >= 4 is 35.3 Å². The fourth-order valence-corrected chi connectivity index (χ4v) is 2.29. The first-order valence-electron chi connectivity index (χ1n) is 6.93. The van der Waals surface area contributed by atoms with Crippen molar-refractivity contribution in [2.45, 2.75) is 13.8 Å². The van der Waals surface area contributed by atoms with Gasteiger partial charge in [-0.3, -0.25) is 4.79 Å². The van der Waals surface area contributed by atoms with E-state index in [4.69, 9.17) is 27.9 Å². The first kappa shape index (κ1) is 17.3. The molecule has 0 aliphatic carbocycles. The second kappa shape index (κ2) is 7.99. The van der Waals surface area contributed by atoms with E-state index in [0.717, 1.165) is 11.1 Å². The third-order valence-corrected chi connectivity index (χ3v) is 3.83. The molecule has 0 unspecified atom stereocenters. The molecule has 0 bridgehead atoms. The van der Waals surface area contributed by atoms with E-state index >= 15 is 0 Å². The quantitative estimate of drug-likeness (QED) is 0.650. The topological polar surface area (TPSA) is 50.7 Å². The highest BCUT2D eigenvalue weighted by Crippen LogP contribution is 2.20. The average Bonchev–Trinajstić information content (AvgIpc) is 2.51. The van der Waals surface area contributed by atoms with Crippen LogP contribution in [-0.4, -0.2) is 18.7 Å². The van der Waals surface area contributed by atoms with Gasteiger partial charge in [-0.1, -0.05) is 41.4 Å². The van der Waals surface area contributed by atoms with Crippen molar-refractivity contribution in [3.8, 4) is 5.75 Å². The highest BCUT2D eigenvalue weighted by Gasteiger charge is 2.05. The number of carbonyl (C=O) groups is 1. The van der Waals surface area contributed by atoms with E-state index in [9.17, 15) is 4.79 Å². The van der Waals surface area contributed by atoms with Crippen molar-refractivity contribution in [2.24, 2.45) is 5.10 Å². The van der Waals surface area contributed by atoms with Crippen molar-refractivity contribution in [3.05, 3.63) is 63.1 Å². The normalized spacial score (nSPS) is 10.8. The van der Waals surface area contributed by atoms with Gasteiger partial charge < -0.3 is 4.74 Å². The Morgan fingerprint density at radius 2 is 2.04 bits per heavy atom. The maximum Gasteiger partial charge on any atom is 0.277 e. The standard InChI is InChI=1S/C17H16Cl2N2O2/c1-11-4-3-5-16(12(11)2)23-10-17(22)21-20-9-13-6-7-14(18)8-15(13)19/h3-9H,10H2,1-2H3,(H,21,22)/b20-9-. The molecule has 0 atom stereocenters. The van der Waals surface area contributed by atoms with Gasteiger partial charge in [0.05, 0.1) is 11.2 Å². The average molecular weight is 351 g/mol. The molecule has 1 N–H and O–H groups in total. The predicted octanol–water partition coefficient (Wildman–Crippen LogP) is 4.14. The predicted molar refractivity (Wildman–Crippen MR) is 93.6 cm³/mol. The summed E-state index contributed by atoms with van der Waals surface area (Å²) in [5.74, 6) is 0.331. The van der Waals surface area contributed by atoms with Gasteiger partial charge in [0.2, 0.25) is 0 Å². The van der Waals surface area contributed by atoms with E-state index in [-0.39, 0.29) is 12.5 Å². The molecule has 0 radical (unpaired) electrons. The number of amides is 1. The molecular formula is C17H16Cl2N2O2. The highest BCUT2D eigenvalue weighted by molar-refractivity contribution is 6.36. The molecule has 2 aromatic rings. The van der Waals surface area contributed by atoms with E-state index in [1.165, 1.54) is 6.21 Å². The van der Waals surface area contributed by atoms with Gasteiger partial charge in [0.25, 0.3) is 5.91 Å². The van der Waals surface area contributed by atoms with Crippen LogP contribution in [0.5, 0.6) is 5.75 Å². The van der Waals surface area contributed by atoms with Gasteiger partial charge in [-0.05, 0) is 43.2 Å². The van der Waals surface area contributed by atoms with Crippen LogP contribution in [-0.2, 0) is 4.79 Å². The molecule has 0 aromatic heterocycles. The van der Waals surface area contributed by atoms with Crippen molar-refractivity contribution in [1.29, 1.82) is 0 Å². The molecule has 0 heterocycles. The summed E-state index contributed by atoms with van der Waals surface area (Å²) in [6.07, 6.45) is 1.45. The number of hydrogen-bond acceptors (Lipinski definition) is 3. The zero-order valence-corrected chi connectivity index (χ0v) is 14.3. The summed E-state index contributed by atoms with van der Waals surface area (Å²) in [6.45, 7) is 3.82. The molecule has 0 saturated heterocycles. The second-order valence-electron chi connectivity index (χ2n) is 4.95. The van der Waals surface area contributed by atoms with E-state index in [1.807, 2.05) is 32.0 Å². The molecule has 0 aliphatic heterocycles. The number of nitrogens with one attached hydrogen (secondary N) is 1. The van der Waals surface area contributed by atoms with Gasteiger partial charge in [0.15, 0.2) is 6.61 Å².